The van der Waals surface area contributed by atoms with Crippen LogP contribution in [0.3, 0.4) is 0 Å². The van der Waals surface area contributed by atoms with Gasteiger partial charge in [-0.2, -0.15) is 0 Å². The lowest BCUT2D eigenvalue weighted by atomic mass is 9.98. The van der Waals surface area contributed by atoms with Gasteiger partial charge < -0.3 is 9.84 Å². The number of aliphatic hydroxyl groups is 1. The monoisotopic (exact) mass is 262 g/mol. The van der Waals surface area contributed by atoms with Gasteiger partial charge in [-0.1, -0.05) is 37.6 Å². The number of benzene rings is 1. The van der Waals surface area contributed by atoms with E-state index in [1.54, 1.807) is 0 Å². The SMILES string of the molecule is CCCCOCC(O)CC1Cc2ccccc2C1=O. The molecule has 0 saturated carbocycles. The van der Waals surface area contributed by atoms with E-state index in [2.05, 4.69) is 6.92 Å². The van der Waals surface area contributed by atoms with Crippen LogP contribution in [0.15, 0.2) is 24.3 Å². The summed E-state index contributed by atoms with van der Waals surface area (Å²) in [6.07, 6.45) is 2.81. The number of hydrogen-bond acceptors (Lipinski definition) is 3. The lowest BCUT2D eigenvalue weighted by Gasteiger charge is -2.14. The number of carbonyl (C=O) groups excluding carboxylic acids is 1. The second-order valence-corrected chi connectivity index (χ2v) is 5.24. The molecule has 0 aromatic heterocycles. The van der Waals surface area contributed by atoms with Crippen molar-refractivity contribution in [3.63, 3.8) is 0 Å². The summed E-state index contributed by atoms with van der Waals surface area (Å²) in [5.41, 5.74) is 1.93. The predicted molar refractivity (Wildman–Crippen MR) is 74.3 cm³/mol. The van der Waals surface area contributed by atoms with Gasteiger partial charge in [0.1, 0.15) is 0 Å². The second-order valence-electron chi connectivity index (χ2n) is 5.24. The molecular formula is C16H22O3. The molecular weight excluding hydrogens is 240 g/mol. The minimum atomic E-state index is -0.542. The van der Waals surface area contributed by atoms with Crippen LogP contribution in [0.2, 0.25) is 0 Å². The highest BCUT2D eigenvalue weighted by atomic mass is 16.5. The molecule has 0 saturated heterocycles. The number of ketones is 1. The van der Waals surface area contributed by atoms with Gasteiger partial charge in [0.2, 0.25) is 0 Å². The summed E-state index contributed by atoms with van der Waals surface area (Å²) in [4.78, 5) is 12.2. The summed E-state index contributed by atoms with van der Waals surface area (Å²) in [5.74, 6) is 0.0883. The van der Waals surface area contributed by atoms with Crippen molar-refractivity contribution in [1.29, 1.82) is 0 Å². The molecule has 3 heteroatoms. The van der Waals surface area contributed by atoms with Crippen LogP contribution in [0, 0.1) is 5.92 Å². The standard InChI is InChI=1S/C16H22O3/c1-2-3-8-19-11-14(17)10-13-9-12-6-4-5-7-15(12)16(13)18/h4-7,13-14,17H,2-3,8-11H2,1H3. The summed E-state index contributed by atoms with van der Waals surface area (Å²) in [6, 6.07) is 7.72. The number of aliphatic hydroxyl groups excluding tert-OH is 1. The van der Waals surface area contributed by atoms with Crippen molar-refractivity contribution in [2.75, 3.05) is 13.2 Å². The third-order valence-electron chi connectivity index (χ3n) is 3.63. The Morgan fingerprint density at radius 2 is 2.21 bits per heavy atom. The molecule has 104 valence electrons. The van der Waals surface area contributed by atoms with Crippen LogP contribution in [-0.4, -0.2) is 30.2 Å². The van der Waals surface area contributed by atoms with Crippen molar-refractivity contribution in [2.45, 2.75) is 38.7 Å². The molecule has 0 amide bonds. The Kier molecular flexibility index (Phi) is 5.11. The first kappa shape index (κ1) is 14.2. The number of rotatable bonds is 7. The summed E-state index contributed by atoms with van der Waals surface area (Å²) in [6.45, 7) is 3.13. The van der Waals surface area contributed by atoms with Gasteiger partial charge in [0.05, 0.1) is 12.7 Å². The molecule has 3 nitrogen and oxygen atoms in total. The molecule has 2 atom stereocenters. The first-order valence-corrected chi connectivity index (χ1v) is 7.10. The molecule has 0 bridgehead atoms. The normalized spacial score (nSPS) is 19.5. The number of carbonyl (C=O) groups is 1. The van der Waals surface area contributed by atoms with E-state index in [4.69, 9.17) is 4.74 Å². The molecule has 1 aliphatic rings. The molecule has 1 aliphatic carbocycles. The fraction of sp³-hybridized carbons (Fsp3) is 0.562. The van der Waals surface area contributed by atoms with Gasteiger partial charge in [0, 0.05) is 18.1 Å². The number of ether oxygens (including phenoxy) is 1. The largest absolute Gasteiger partial charge is 0.391 e. The third-order valence-corrected chi connectivity index (χ3v) is 3.63. The van der Waals surface area contributed by atoms with Gasteiger partial charge in [-0.15, -0.1) is 0 Å². The van der Waals surface area contributed by atoms with Crippen molar-refractivity contribution in [3.05, 3.63) is 35.4 Å². The number of Topliss-reactive ketones (excluding diaryl/α,β-unsaturated/α-hetero) is 1. The quantitative estimate of drug-likeness (QED) is 0.768. The zero-order chi connectivity index (χ0) is 13.7. The van der Waals surface area contributed by atoms with E-state index < -0.39 is 6.10 Å². The highest BCUT2D eigenvalue weighted by molar-refractivity contribution is 6.02. The van der Waals surface area contributed by atoms with Gasteiger partial charge in [-0.05, 0) is 24.8 Å². The average molecular weight is 262 g/mol. The molecule has 2 unspecified atom stereocenters. The maximum Gasteiger partial charge on any atom is 0.166 e. The van der Waals surface area contributed by atoms with Crippen LogP contribution in [0.5, 0.6) is 0 Å². The van der Waals surface area contributed by atoms with Crippen LogP contribution in [0.25, 0.3) is 0 Å². The molecule has 2 rings (SSSR count). The Morgan fingerprint density at radius 1 is 1.42 bits per heavy atom. The predicted octanol–water partition coefficient (Wildman–Crippen LogP) is 2.61. The van der Waals surface area contributed by atoms with E-state index >= 15 is 0 Å². The minimum absolute atomic E-state index is 0.0813. The van der Waals surface area contributed by atoms with Crippen molar-refractivity contribution in [3.8, 4) is 0 Å². The second kappa shape index (κ2) is 6.83. The highest BCUT2D eigenvalue weighted by Gasteiger charge is 2.31. The Bertz CT molecular complexity index is 428. The summed E-state index contributed by atoms with van der Waals surface area (Å²) in [7, 11) is 0. The van der Waals surface area contributed by atoms with Crippen molar-refractivity contribution in [2.24, 2.45) is 5.92 Å². The van der Waals surface area contributed by atoms with Crippen LogP contribution in [-0.2, 0) is 11.2 Å². The molecule has 1 aromatic rings. The van der Waals surface area contributed by atoms with E-state index in [0.717, 1.165) is 30.4 Å². The summed E-state index contributed by atoms with van der Waals surface area (Å²) < 4.78 is 5.40. The molecule has 0 radical (unpaired) electrons. The first-order chi connectivity index (χ1) is 9.22. The van der Waals surface area contributed by atoms with Crippen molar-refractivity contribution in [1.82, 2.24) is 0 Å². The van der Waals surface area contributed by atoms with Crippen LogP contribution < -0.4 is 0 Å². The van der Waals surface area contributed by atoms with E-state index in [0.29, 0.717) is 19.6 Å². The van der Waals surface area contributed by atoms with Crippen molar-refractivity contribution < 1.29 is 14.6 Å². The van der Waals surface area contributed by atoms with Gasteiger partial charge in [-0.3, -0.25) is 4.79 Å². The summed E-state index contributed by atoms with van der Waals surface area (Å²) in [5, 5.41) is 9.93. The Balaban J connectivity index is 1.80. The molecule has 0 heterocycles. The van der Waals surface area contributed by atoms with E-state index in [-0.39, 0.29) is 11.7 Å². The lowest BCUT2D eigenvalue weighted by Crippen LogP contribution is -2.22. The smallest absolute Gasteiger partial charge is 0.166 e. The summed E-state index contributed by atoms with van der Waals surface area (Å²) >= 11 is 0. The number of fused-ring (bicyclic) bond motifs is 1. The molecule has 19 heavy (non-hydrogen) atoms. The zero-order valence-corrected chi connectivity index (χ0v) is 11.5. The van der Waals surface area contributed by atoms with Crippen molar-refractivity contribution >= 4 is 5.78 Å². The lowest BCUT2D eigenvalue weighted by molar-refractivity contribution is 0.0236. The topological polar surface area (TPSA) is 46.5 Å². The molecule has 1 N–H and O–H groups in total. The van der Waals surface area contributed by atoms with Gasteiger partial charge in [-0.25, -0.2) is 0 Å². The molecule has 0 spiro atoms. The van der Waals surface area contributed by atoms with Crippen LogP contribution in [0.4, 0.5) is 0 Å². The number of unbranched alkanes of at least 4 members (excludes halogenated alkanes) is 1. The maximum absolute atomic E-state index is 12.2. The molecule has 0 aliphatic heterocycles. The first-order valence-electron chi connectivity index (χ1n) is 7.10. The highest BCUT2D eigenvalue weighted by Crippen LogP contribution is 2.29. The minimum Gasteiger partial charge on any atom is -0.391 e. The Morgan fingerprint density at radius 3 is 2.95 bits per heavy atom. The molecule has 0 fully saturated rings. The fourth-order valence-corrected chi connectivity index (χ4v) is 2.57. The van der Waals surface area contributed by atoms with E-state index in [1.807, 2.05) is 24.3 Å². The van der Waals surface area contributed by atoms with Gasteiger partial charge >= 0.3 is 0 Å². The maximum atomic E-state index is 12.2. The van der Waals surface area contributed by atoms with E-state index in [1.165, 1.54) is 0 Å². The number of hydrogen-bond donors (Lipinski definition) is 1. The third kappa shape index (κ3) is 3.64. The average Bonchev–Trinajstić information content (AvgIpc) is 2.72. The Hall–Kier alpha value is -1.19. The van der Waals surface area contributed by atoms with E-state index in [9.17, 15) is 9.90 Å². The van der Waals surface area contributed by atoms with Gasteiger partial charge in [0.15, 0.2) is 5.78 Å². The Labute approximate surface area is 114 Å². The fourth-order valence-electron chi connectivity index (χ4n) is 2.57. The van der Waals surface area contributed by atoms with Crippen LogP contribution >= 0.6 is 0 Å². The zero-order valence-electron chi connectivity index (χ0n) is 11.5. The van der Waals surface area contributed by atoms with Crippen LogP contribution in [0.1, 0.15) is 42.1 Å². The van der Waals surface area contributed by atoms with Gasteiger partial charge in [0.25, 0.3) is 0 Å². The molecule has 1 aromatic carbocycles.